The molecule has 16 heavy (non-hydrogen) atoms. The highest BCUT2D eigenvalue weighted by atomic mass is 16.6. The summed E-state index contributed by atoms with van der Waals surface area (Å²) in [5.41, 5.74) is -0.709. The smallest absolute Gasteiger partial charge is 0.410 e. The standard InChI is InChI=1S/C11H19NO4/c1-10(2,3)16-9(13)12-6-11(7-12)8-14-4-5-15-11/h4-8H2,1-3H3. The number of carbonyl (C=O) groups is 1. The fraction of sp³-hybridized carbons (Fsp3) is 0.909. The van der Waals surface area contributed by atoms with Crippen LogP contribution in [0, 0.1) is 0 Å². The van der Waals surface area contributed by atoms with Crippen molar-refractivity contribution in [3.05, 3.63) is 0 Å². The molecule has 2 aliphatic heterocycles. The molecule has 5 heteroatoms. The minimum absolute atomic E-state index is 0.269. The van der Waals surface area contributed by atoms with Crippen molar-refractivity contribution >= 4 is 6.09 Å². The van der Waals surface area contributed by atoms with Gasteiger partial charge in [0.25, 0.3) is 0 Å². The van der Waals surface area contributed by atoms with Gasteiger partial charge in [-0.15, -0.1) is 0 Å². The van der Waals surface area contributed by atoms with E-state index in [2.05, 4.69) is 0 Å². The zero-order valence-electron chi connectivity index (χ0n) is 10.1. The average molecular weight is 229 g/mol. The lowest BCUT2D eigenvalue weighted by atomic mass is 9.95. The number of hydrogen-bond donors (Lipinski definition) is 0. The van der Waals surface area contributed by atoms with Gasteiger partial charge in [0.2, 0.25) is 0 Å². The van der Waals surface area contributed by atoms with Crippen molar-refractivity contribution in [2.24, 2.45) is 0 Å². The van der Waals surface area contributed by atoms with Gasteiger partial charge < -0.3 is 19.1 Å². The van der Waals surface area contributed by atoms with E-state index in [1.807, 2.05) is 20.8 Å². The Balaban J connectivity index is 1.81. The van der Waals surface area contributed by atoms with Crippen LogP contribution < -0.4 is 0 Å². The molecule has 0 N–H and O–H groups in total. The van der Waals surface area contributed by atoms with Crippen molar-refractivity contribution in [2.75, 3.05) is 32.9 Å². The Hall–Kier alpha value is -0.810. The molecule has 2 heterocycles. The van der Waals surface area contributed by atoms with Crippen molar-refractivity contribution in [3.63, 3.8) is 0 Å². The molecule has 0 atom stereocenters. The number of hydrogen-bond acceptors (Lipinski definition) is 4. The Morgan fingerprint density at radius 3 is 2.50 bits per heavy atom. The Morgan fingerprint density at radius 2 is 2.00 bits per heavy atom. The van der Waals surface area contributed by atoms with Crippen LogP contribution in [0.25, 0.3) is 0 Å². The molecular weight excluding hydrogens is 210 g/mol. The molecule has 0 unspecified atom stereocenters. The van der Waals surface area contributed by atoms with Crippen molar-refractivity contribution in [1.82, 2.24) is 4.90 Å². The summed E-state index contributed by atoms with van der Waals surface area (Å²) >= 11 is 0. The van der Waals surface area contributed by atoms with Crippen molar-refractivity contribution in [3.8, 4) is 0 Å². The molecule has 0 aromatic carbocycles. The number of rotatable bonds is 0. The zero-order chi connectivity index (χ0) is 11.8. The van der Waals surface area contributed by atoms with Gasteiger partial charge in [-0.1, -0.05) is 0 Å². The summed E-state index contributed by atoms with van der Waals surface area (Å²) in [6.07, 6.45) is -0.271. The second-order valence-electron chi connectivity index (χ2n) is 5.42. The number of ether oxygens (including phenoxy) is 3. The highest BCUT2D eigenvalue weighted by Gasteiger charge is 2.49. The van der Waals surface area contributed by atoms with E-state index in [9.17, 15) is 4.79 Å². The van der Waals surface area contributed by atoms with Gasteiger partial charge in [-0.2, -0.15) is 0 Å². The van der Waals surface area contributed by atoms with Gasteiger partial charge in [-0.05, 0) is 20.8 Å². The molecule has 2 aliphatic rings. The second kappa shape index (κ2) is 3.89. The van der Waals surface area contributed by atoms with Gasteiger partial charge in [-0.25, -0.2) is 4.79 Å². The first-order valence-corrected chi connectivity index (χ1v) is 5.60. The molecule has 2 saturated heterocycles. The molecule has 2 fully saturated rings. The van der Waals surface area contributed by atoms with Gasteiger partial charge in [0.15, 0.2) is 0 Å². The summed E-state index contributed by atoms with van der Waals surface area (Å²) in [6.45, 7) is 8.56. The van der Waals surface area contributed by atoms with Crippen LogP contribution in [-0.4, -0.2) is 55.1 Å². The Labute approximate surface area is 95.6 Å². The maximum absolute atomic E-state index is 11.7. The third kappa shape index (κ3) is 2.47. The number of nitrogens with zero attached hydrogens (tertiary/aromatic N) is 1. The molecule has 0 aliphatic carbocycles. The molecular formula is C11H19NO4. The molecule has 0 saturated carbocycles. The summed E-state index contributed by atoms with van der Waals surface area (Å²) < 4.78 is 16.3. The van der Waals surface area contributed by atoms with Crippen LogP contribution >= 0.6 is 0 Å². The van der Waals surface area contributed by atoms with Gasteiger partial charge in [-0.3, -0.25) is 0 Å². The summed E-state index contributed by atoms with van der Waals surface area (Å²) in [6, 6.07) is 0. The average Bonchev–Trinajstić information content (AvgIpc) is 2.12. The Bertz CT molecular complexity index is 270. The molecule has 1 spiro atoms. The Kier molecular flexibility index (Phi) is 2.84. The minimum Gasteiger partial charge on any atom is -0.444 e. The monoisotopic (exact) mass is 229 g/mol. The summed E-state index contributed by atoms with van der Waals surface area (Å²) in [5.74, 6) is 0. The lowest BCUT2D eigenvalue weighted by molar-refractivity contribution is -0.211. The van der Waals surface area contributed by atoms with Crippen LogP contribution in [0.15, 0.2) is 0 Å². The van der Waals surface area contributed by atoms with E-state index in [-0.39, 0.29) is 11.7 Å². The normalized spacial score (nSPS) is 24.1. The molecule has 92 valence electrons. The first-order valence-electron chi connectivity index (χ1n) is 5.60. The van der Waals surface area contributed by atoms with Crippen LogP contribution in [0.3, 0.4) is 0 Å². The molecule has 5 nitrogen and oxygen atoms in total. The molecule has 0 radical (unpaired) electrons. The summed E-state index contributed by atoms with van der Waals surface area (Å²) in [5, 5.41) is 0. The predicted octanol–water partition coefficient (Wildman–Crippen LogP) is 1.02. The van der Waals surface area contributed by atoms with Crippen molar-refractivity contribution in [1.29, 1.82) is 0 Å². The van der Waals surface area contributed by atoms with E-state index in [0.29, 0.717) is 32.9 Å². The molecule has 0 aromatic heterocycles. The van der Waals surface area contributed by atoms with Crippen molar-refractivity contribution < 1.29 is 19.0 Å². The third-order valence-corrected chi connectivity index (χ3v) is 2.61. The predicted molar refractivity (Wildman–Crippen MR) is 57.3 cm³/mol. The van der Waals surface area contributed by atoms with Gasteiger partial charge in [0, 0.05) is 0 Å². The number of likely N-dealkylation sites (tertiary alicyclic amines) is 1. The fourth-order valence-corrected chi connectivity index (χ4v) is 1.90. The van der Waals surface area contributed by atoms with E-state index in [1.165, 1.54) is 0 Å². The topological polar surface area (TPSA) is 48.0 Å². The number of amides is 1. The lowest BCUT2D eigenvalue weighted by Gasteiger charge is -2.50. The molecule has 1 amide bonds. The lowest BCUT2D eigenvalue weighted by Crippen LogP contribution is -2.68. The van der Waals surface area contributed by atoms with Gasteiger partial charge in [0.1, 0.15) is 11.2 Å². The molecule has 0 bridgehead atoms. The maximum atomic E-state index is 11.7. The van der Waals surface area contributed by atoms with Crippen LogP contribution in [-0.2, 0) is 14.2 Å². The first-order chi connectivity index (χ1) is 7.40. The summed E-state index contributed by atoms with van der Waals surface area (Å²) in [4.78, 5) is 13.3. The van der Waals surface area contributed by atoms with Crippen LogP contribution in [0.4, 0.5) is 4.79 Å². The van der Waals surface area contributed by atoms with E-state index >= 15 is 0 Å². The van der Waals surface area contributed by atoms with E-state index in [1.54, 1.807) is 4.90 Å². The maximum Gasteiger partial charge on any atom is 0.410 e. The quantitative estimate of drug-likeness (QED) is 0.622. The second-order valence-corrected chi connectivity index (χ2v) is 5.42. The van der Waals surface area contributed by atoms with Crippen LogP contribution in [0.1, 0.15) is 20.8 Å². The van der Waals surface area contributed by atoms with Crippen LogP contribution in [0.5, 0.6) is 0 Å². The van der Waals surface area contributed by atoms with Crippen molar-refractivity contribution in [2.45, 2.75) is 32.0 Å². The summed E-state index contributed by atoms with van der Waals surface area (Å²) in [7, 11) is 0. The zero-order valence-corrected chi connectivity index (χ0v) is 10.1. The molecule has 2 rings (SSSR count). The van der Waals surface area contributed by atoms with Gasteiger partial charge in [0.05, 0.1) is 32.9 Å². The minimum atomic E-state index is -0.441. The van der Waals surface area contributed by atoms with E-state index in [4.69, 9.17) is 14.2 Å². The van der Waals surface area contributed by atoms with Crippen LogP contribution in [0.2, 0.25) is 0 Å². The highest BCUT2D eigenvalue weighted by Crippen LogP contribution is 2.29. The first kappa shape index (κ1) is 11.7. The van der Waals surface area contributed by atoms with Gasteiger partial charge >= 0.3 is 6.09 Å². The Morgan fingerprint density at radius 1 is 1.31 bits per heavy atom. The highest BCUT2D eigenvalue weighted by molar-refractivity contribution is 5.69. The van der Waals surface area contributed by atoms with E-state index in [0.717, 1.165) is 0 Å². The largest absolute Gasteiger partial charge is 0.444 e. The van der Waals surface area contributed by atoms with E-state index < -0.39 is 5.60 Å². The molecule has 0 aromatic rings. The SMILES string of the molecule is CC(C)(C)OC(=O)N1CC2(COCCO2)C1. The third-order valence-electron chi connectivity index (χ3n) is 2.61. The fourth-order valence-electron chi connectivity index (χ4n) is 1.90. The number of carbonyl (C=O) groups excluding carboxylic acids is 1.